The van der Waals surface area contributed by atoms with Crippen molar-refractivity contribution in [3.05, 3.63) is 0 Å². The molecule has 1 atom stereocenters. The Morgan fingerprint density at radius 3 is 2.50 bits per heavy atom. The Morgan fingerprint density at radius 1 is 1.29 bits per heavy atom. The van der Waals surface area contributed by atoms with Crippen LogP contribution in [0.3, 0.4) is 0 Å². The maximum absolute atomic E-state index is 11.3. The molecule has 2 aliphatic heterocycles. The fraction of sp³-hybridized carbons (Fsp3) is 0.900. The molecule has 2 heterocycles. The first-order valence-corrected chi connectivity index (χ1v) is 5.45. The van der Waals surface area contributed by atoms with Gasteiger partial charge in [0.25, 0.3) is 0 Å². The number of carboxylic acid groups (broad SMARTS) is 1. The third-order valence-electron chi connectivity index (χ3n) is 3.49. The molecule has 0 spiro atoms. The minimum atomic E-state index is -0.649. The summed E-state index contributed by atoms with van der Waals surface area (Å²) in [5.41, 5.74) is -0.597. The van der Waals surface area contributed by atoms with Gasteiger partial charge in [0.05, 0.1) is 0 Å². The Balaban J connectivity index is 2.12. The average molecular weight is 198 g/mol. The van der Waals surface area contributed by atoms with Crippen molar-refractivity contribution < 1.29 is 9.90 Å². The Labute approximate surface area is 84.3 Å². The molecular weight excluding hydrogens is 180 g/mol. The minimum Gasteiger partial charge on any atom is -0.480 e. The molecule has 2 N–H and O–H groups in total. The van der Waals surface area contributed by atoms with Gasteiger partial charge in [-0.2, -0.15) is 0 Å². The van der Waals surface area contributed by atoms with E-state index in [4.69, 9.17) is 0 Å². The van der Waals surface area contributed by atoms with Gasteiger partial charge in [-0.1, -0.05) is 6.42 Å². The van der Waals surface area contributed by atoms with Crippen molar-refractivity contribution in [2.45, 2.75) is 31.2 Å². The molecule has 0 aromatic heterocycles. The predicted molar refractivity (Wildman–Crippen MR) is 53.3 cm³/mol. The summed E-state index contributed by atoms with van der Waals surface area (Å²) in [6.45, 7) is 3.35. The molecule has 80 valence electrons. The number of nitrogens with one attached hydrogen (secondary N) is 1. The SMILES string of the molecule is O=C(O)C1(N2CCCCC2)CCNC1. The van der Waals surface area contributed by atoms with Crippen molar-refractivity contribution in [3.8, 4) is 0 Å². The quantitative estimate of drug-likeness (QED) is 0.669. The highest BCUT2D eigenvalue weighted by Gasteiger charge is 2.46. The van der Waals surface area contributed by atoms with E-state index in [0.717, 1.165) is 38.9 Å². The monoisotopic (exact) mass is 198 g/mol. The van der Waals surface area contributed by atoms with Gasteiger partial charge in [0.15, 0.2) is 0 Å². The molecule has 14 heavy (non-hydrogen) atoms. The lowest BCUT2D eigenvalue weighted by atomic mass is 9.93. The van der Waals surface area contributed by atoms with E-state index in [1.165, 1.54) is 6.42 Å². The summed E-state index contributed by atoms with van der Waals surface area (Å²) in [6.07, 6.45) is 4.30. The molecule has 2 aliphatic rings. The molecule has 2 fully saturated rings. The zero-order valence-electron chi connectivity index (χ0n) is 8.46. The van der Waals surface area contributed by atoms with Crippen LogP contribution in [0.5, 0.6) is 0 Å². The summed E-state index contributed by atoms with van der Waals surface area (Å²) in [4.78, 5) is 13.5. The second-order valence-corrected chi connectivity index (χ2v) is 4.31. The summed E-state index contributed by atoms with van der Waals surface area (Å²) in [6, 6.07) is 0. The summed E-state index contributed by atoms with van der Waals surface area (Å²) in [5.74, 6) is -0.649. The van der Waals surface area contributed by atoms with E-state index in [9.17, 15) is 9.90 Å². The number of carboxylic acids is 1. The third kappa shape index (κ3) is 1.53. The van der Waals surface area contributed by atoms with Gasteiger partial charge < -0.3 is 10.4 Å². The van der Waals surface area contributed by atoms with E-state index in [2.05, 4.69) is 10.2 Å². The van der Waals surface area contributed by atoms with Gasteiger partial charge in [-0.3, -0.25) is 9.69 Å². The molecule has 0 bridgehead atoms. The maximum Gasteiger partial charge on any atom is 0.325 e. The highest BCUT2D eigenvalue weighted by Crippen LogP contribution is 2.27. The highest BCUT2D eigenvalue weighted by molar-refractivity contribution is 5.79. The summed E-state index contributed by atoms with van der Waals surface area (Å²) >= 11 is 0. The highest BCUT2D eigenvalue weighted by atomic mass is 16.4. The van der Waals surface area contributed by atoms with Crippen LogP contribution in [0, 0.1) is 0 Å². The van der Waals surface area contributed by atoms with Crippen molar-refractivity contribution in [2.24, 2.45) is 0 Å². The number of carbonyl (C=O) groups is 1. The van der Waals surface area contributed by atoms with E-state index in [1.807, 2.05) is 0 Å². The van der Waals surface area contributed by atoms with Crippen molar-refractivity contribution in [2.75, 3.05) is 26.2 Å². The van der Waals surface area contributed by atoms with Crippen LogP contribution in [0.1, 0.15) is 25.7 Å². The standard InChI is InChI=1S/C10H18N2O2/c13-9(14)10(4-5-11-8-10)12-6-2-1-3-7-12/h11H,1-8H2,(H,13,14). The molecule has 0 aliphatic carbocycles. The number of hydrogen-bond acceptors (Lipinski definition) is 3. The lowest BCUT2D eigenvalue weighted by Gasteiger charge is -2.39. The van der Waals surface area contributed by atoms with Gasteiger partial charge in [0, 0.05) is 6.54 Å². The second-order valence-electron chi connectivity index (χ2n) is 4.31. The molecular formula is C10H18N2O2. The van der Waals surface area contributed by atoms with Gasteiger partial charge in [0.2, 0.25) is 0 Å². The molecule has 0 aromatic carbocycles. The lowest BCUT2D eigenvalue weighted by molar-refractivity contribution is -0.151. The summed E-state index contributed by atoms with van der Waals surface area (Å²) in [5, 5.41) is 12.5. The molecule has 0 amide bonds. The van der Waals surface area contributed by atoms with Gasteiger partial charge in [-0.15, -0.1) is 0 Å². The molecule has 2 saturated heterocycles. The van der Waals surface area contributed by atoms with Crippen LogP contribution in [-0.4, -0.2) is 47.7 Å². The Bertz CT molecular complexity index is 218. The van der Waals surface area contributed by atoms with Gasteiger partial charge >= 0.3 is 5.97 Å². The minimum absolute atomic E-state index is 0.597. The Morgan fingerprint density at radius 2 is 2.00 bits per heavy atom. The number of rotatable bonds is 2. The molecule has 2 rings (SSSR count). The Kier molecular flexibility index (Phi) is 2.74. The van der Waals surface area contributed by atoms with E-state index < -0.39 is 11.5 Å². The van der Waals surface area contributed by atoms with E-state index in [0.29, 0.717) is 6.54 Å². The van der Waals surface area contributed by atoms with Crippen LogP contribution in [0.4, 0.5) is 0 Å². The second kappa shape index (κ2) is 3.87. The van der Waals surface area contributed by atoms with Crippen molar-refractivity contribution >= 4 is 5.97 Å². The number of hydrogen-bond donors (Lipinski definition) is 2. The maximum atomic E-state index is 11.3. The van der Waals surface area contributed by atoms with E-state index >= 15 is 0 Å². The van der Waals surface area contributed by atoms with E-state index in [-0.39, 0.29) is 0 Å². The molecule has 0 saturated carbocycles. The van der Waals surface area contributed by atoms with Gasteiger partial charge in [-0.25, -0.2) is 0 Å². The van der Waals surface area contributed by atoms with Crippen LogP contribution in [0.2, 0.25) is 0 Å². The molecule has 0 aromatic rings. The number of likely N-dealkylation sites (tertiary alicyclic amines) is 1. The van der Waals surface area contributed by atoms with Crippen molar-refractivity contribution in [1.82, 2.24) is 10.2 Å². The van der Waals surface area contributed by atoms with Crippen LogP contribution in [-0.2, 0) is 4.79 Å². The normalized spacial score (nSPS) is 34.6. The Hall–Kier alpha value is -0.610. The first kappa shape index (κ1) is 9.93. The molecule has 4 nitrogen and oxygen atoms in total. The predicted octanol–water partition coefficient (Wildman–Crippen LogP) is 0.289. The molecule has 1 unspecified atom stereocenters. The van der Waals surface area contributed by atoms with Gasteiger partial charge in [-0.05, 0) is 38.9 Å². The van der Waals surface area contributed by atoms with Crippen molar-refractivity contribution in [1.29, 1.82) is 0 Å². The first-order valence-electron chi connectivity index (χ1n) is 5.45. The zero-order valence-corrected chi connectivity index (χ0v) is 8.46. The van der Waals surface area contributed by atoms with E-state index in [1.54, 1.807) is 0 Å². The number of aliphatic carboxylic acids is 1. The third-order valence-corrected chi connectivity index (χ3v) is 3.49. The number of piperidine rings is 1. The number of nitrogens with zero attached hydrogens (tertiary/aromatic N) is 1. The van der Waals surface area contributed by atoms with Gasteiger partial charge in [0.1, 0.15) is 5.54 Å². The van der Waals surface area contributed by atoms with Crippen LogP contribution >= 0.6 is 0 Å². The summed E-state index contributed by atoms with van der Waals surface area (Å²) in [7, 11) is 0. The largest absolute Gasteiger partial charge is 0.480 e. The van der Waals surface area contributed by atoms with Crippen LogP contribution in [0.15, 0.2) is 0 Å². The average Bonchev–Trinajstić information content (AvgIpc) is 2.69. The van der Waals surface area contributed by atoms with Crippen LogP contribution in [0.25, 0.3) is 0 Å². The van der Waals surface area contributed by atoms with Crippen molar-refractivity contribution in [3.63, 3.8) is 0 Å². The fourth-order valence-electron chi connectivity index (χ4n) is 2.59. The first-order chi connectivity index (χ1) is 6.76. The molecule has 0 radical (unpaired) electrons. The zero-order chi connectivity index (χ0) is 10.0. The molecule has 4 heteroatoms. The summed E-state index contributed by atoms with van der Waals surface area (Å²) < 4.78 is 0. The lowest BCUT2D eigenvalue weighted by Crippen LogP contribution is -2.57. The van der Waals surface area contributed by atoms with Crippen LogP contribution < -0.4 is 5.32 Å². The topological polar surface area (TPSA) is 52.6 Å². The smallest absolute Gasteiger partial charge is 0.325 e. The fourth-order valence-corrected chi connectivity index (χ4v) is 2.59.